The van der Waals surface area contributed by atoms with Gasteiger partial charge in [-0.3, -0.25) is 9.78 Å². The van der Waals surface area contributed by atoms with Gasteiger partial charge in [0.15, 0.2) is 11.0 Å². The SMILES string of the molecule is C[n+]1c(SCC(=O)NN=Cc2cccnc2)[nH]c2ccccc21. The van der Waals surface area contributed by atoms with Crippen LogP contribution in [-0.2, 0) is 11.8 Å². The minimum Gasteiger partial charge on any atom is -0.272 e. The number of fused-ring (bicyclic) bond motifs is 1. The number of pyridine rings is 1. The van der Waals surface area contributed by atoms with Gasteiger partial charge in [0.25, 0.3) is 5.91 Å². The van der Waals surface area contributed by atoms with Crippen LogP contribution in [0.5, 0.6) is 0 Å². The van der Waals surface area contributed by atoms with E-state index in [2.05, 4.69) is 20.5 Å². The Balaban J connectivity index is 1.56. The van der Waals surface area contributed by atoms with Crippen molar-refractivity contribution >= 4 is 34.9 Å². The van der Waals surface area contributed by atoms with Gasteiger partial charge in [0.05, 0.1) is 19.0 Å². The van der Waals surface area contributed by atoms with E-state index < -0.39 is 0 Å². The average molecular weight is 326 g/mol. The number of imidazole rings is 1. The Kier molecular flexibility index (Phi) is 4.68. The first-order chi connectivity index (χ1) is 11.2. The third kappa shape index (κ3) is 3.75. The lowest BCUT2D eigenvalue weighted by Crippen LogP contribution is -2.30. The fraction of sp³-hybridized carbons (Fsp3) is 0.125. The predicted octanol–water partition coefficient (Wildman–Crippen LogP) is 1.63. The molecule has 2 aromatic heterocycles. The molecule has 0 unspecified atom stereocenters. The number of para-hydroxylation sites is 2. The Morgan fingerprint density at radius 2 is 2.26 bits per heavy atom. The molecule has 0 saturated heterocycles. The monoisotopic (exact) mass is 326 g/mol. The summed E-state index contributed by atoms with van der Waals surface area (Å²) in [5.41, 5.74) is 5.50. The standard InChI is InChI=1S/C16H15N5OS/c1-21-14-7-3-2-6-13(14)19-16(21)23-11-15(22)20-18-10-12-5-4-8-17-9-12/h2-10H,11H2,1H3,(H,20,22)/p+1. The molecule has 0 saturated carbocycles. The zero-order chi connectivity index (χ0) is 16.1. The highest BCUT2D eigenvalue weighted by atomic mass is 32.2. The van der Waals surface area contributed by atoms with Gasteiger partial charge in [-0.15, -0.1) is 0 Å². The van der Waals surface area contributed by atoms with Gasteiger partial charge in [-0.1, -0.05) is 18.2 Å². The molecule has 6 nitrogen and oxygen atoms in total. The van der Waals surface area contributed by atoms with Crippen LogP contribution in [0.4, 0.5) is 0 Å². The van der Waals surface area contributed by atoms with E-state index in [1.807, 2.05) is 48.0 Å². The highest BCUT2D eigenvalue weighted by molar-refractivity contribution is 7.99. The number of benzene rings is 1. The van der Waals surface area contributed by atoms with E-state index in [1.165, 1.54) is 11.8 Å². The lowest BCUT2D eigenvalue weighted by molar-refractivity contribution is -0.683. The predicted molar refractivity (Wildman–Crippen MR) is 90.2 cm³/mol. The average Bonchev–Trinajstić information content (AvgIpc) is 2.90. The third-order valence-corrected chi connectivity index (χ3v) is 4.29. The van der Waals surface area contributed by atoms with E-state index in [1.54, 1.807) is 18.6 Å². The lowest BCUT2D eigenvalue weighted by atomic mass is 10.3. The Bertz CT molecular complexity index is 844. The number of nitrogens with zero attached hydrogens (tertiary/aromatic N) is 3. The number of carbonyl (C=O) groups is 1. The first-order valence-corrected chi connectivity index (χ1v) is 8.04. The molecule has 0 radical (unpaired) electrons. The molecule has 3 aromatic rings. The van der Waals surface area contributed by atoms with Crippen molar-refractivity contribution in [2.45, 2.75) is 5.16 Å². The van der Waals surface area contributed by atoms with Gasteiger partial charge in [-0.2, -0.15) is 5.10 Å². The minimum absolute atomic E-state index is 0.159. The molecule has 0 aliphatic carbocycles. The number of aromatic nitrogens is 3. The molecule has 2 heterocycles. The van der Waals surface area contributed by atoms with Crippen molar-refractivity contribution in [2.75, 3.05) is 5.75 Å². The van der Waals surface area contributed by atoms with Crippen LogP contribution < -0.4 is 9.99 Å². The van der Waals surface area contributed by atoms with Crippen LogP contribution in [-0.4, -0.2) is 27.8 Å². The summed E-state index contributed by atoms with van der Waals surface area (Å²) >= 11 is 1.44. The molecule has 3 rings (SSSR count). The summed E-state index contributed by atoms with van der Waals surface area (Å²) in [5, 5.41) is 4.85. The second kappa shape index (κ2) is 7.06. The van der Waals surface area contributed by atoms with E-state index >= 15 is 0 Å². The molecular weight excluding hydrogens is 310 g/mol. The number of carbonyl (C=O) groups excluding carboxylic acids is 1. The summed E-state index contributed by atoms with van der Waals surface area (Å²) in [6.07, 6.45) is 4.93. The zero-order valence-corrected chi connectivity index (χ0v) is 13.4. The van der Waals surface area contributed by atoms with Crippen LogP contribution in [0, 0.1) is 0 Å². The third-order valence-electron chi connectivity index (χ3n) is 3.24. The van der Waals surface area contributed by atoms with Crippen molar-refractivity contribution in [2.24, 2.45) is 12.1 Å². The van der Waals surface area contributed by atoms with Crippen molar-refractivity contribution in [3.63, 3.8) is 0 Å². The van der Waals surface area contributed by atoms with Gasteiger partial charge in [-0.25, -0.2) is 15.0 Å². The van der Waals surface area contributed by atoms with E-state index in [4.69, 9.17) is 0 Å². The number of H-pyrrole nitrogens is 1. The first-order valence-electron chi connectivity index (χ1n) is 7.05. The topological polar surface area (TPSA) is 74.0 Å². The van der Waals surface area contributed by atoms with Gasteiger partial charge >= 0.3 is 5.16 Å². The number of hydrogen-bond donors (Lipinski definition) is 2. The lowest BCUT2D eigenvalue weighted by Gasteiger charge is -1.97. The maximum atomic E-state index is 11.8. The Labute approximate surface area is 137 Å². The molecule has 0 aliphatic heterocycles. The second-order valence-corrected chi connectivity index (χ2v) is 5.84. The van der Waals surface area contributed by atoms with Gasteiger partial charge in [-0.05, 0) is 30.0 Å². The van der Waals surface area contributed by atoms with Crippen LogP contribution in [0.3, 0.4) is 0 Å². The van der Waals surface area contributed by atoms with Crippen LogP contribution in [0.15, 0.2) is 59.0 Å². The molecule has 0 atom stereocenters. The Morgan fingerprint density at radius 3 is 3.04 bits per heavy atom. The van der Waals surface area contributed by atoms with Gasteiger partial charge in [0.1, 0.15) is 0 Å². The number of hydrogen-bond acceptors (Lipinski definition) is 4. The number of aryl methyl sites for hydroxylation is 1. The Hall–Kier alpha value is -2.67. The highest BCUT2D eigenvalue weighted by Gasteiger charge is 2.16. The minimum atomic E-state index is -0.159. The molecule has 2 N–H and O–H groups in total. The zero-order valence-electron chi connectivity index (χ0n) is 12.6. The van der Waals surface area contributed by atoms with Crippen molar-refractivity contribution in [3.05, 3.63) is 54.4 Å². The summed E-state index contributed by atoms with van der Waals surface area (Å²) in [4.78, 5) is 19.1. The molecule has 0 aliphatic rings. The molecule has 1 aromatic carbocycles. The number of rotatable bonds is 5. The maximum Gasteiger partial charge on any atom is 0.317 e. The molecule has 7 heteroatoms. The van der Waals surface area contributed by atoms with Gasteiger partial charge in [0.2, 0.25) is 0 Å². The summed E-state index contributed by atoms with van der Waals surface area (Å²) in [5.74, 6) is 0.124. The van der Waals surface area contributed by atoms with E-state index in [-0.39, 0.29) is 11.7 Å². The van der Waals surface area contributed by atoms with Gasteiger partial charge < -0.3 is 0 Å². The summed E-state index contributed by atoms with van der Waals surface area (Å²) < 4.78 is 2.03. The van der Waals surface area contributed by atoms with Crippen molar-refractivity contribution < 1.29 is 9.36 Å². The number of thioether (sulfide) groups is 1. The van der Waals surface area contributed by atoms with Gasteiger partial charge in [0, 0.05) is 18.0 Å². The fourth-order valence-corrected chi connectivity index (χ4v) is 2.92. The molecule has 0 bridgehead atoms. The number of amides is 1. The molecule has 116 valence electrons. The fourth-order valence-electron chi connectivity index (χ4n) is 2.11. The quantitative estimate of drug-likeness (QED) is 0.324. The number of aromatic amines is 1. The van der Waals surface area contributed by atoms with Crippen molar-refractivity contribution in [1.29, 1.82) is 0 Å². The summed E-state index contributed by atoms with van der Waals surface area (Å²) in [6, 6.07) is 11.7. The van der Waals surface area contributed by atoms with E-state index in [9.17, 15) is 4.79 Å². The van der Waals surface area contributed by atoms with Crippen LogP contribution in [0.1, 0.15) is 5.56 Å². The summed E-state index contributed by atoms with van der Waals surface area (Å²) in [7, 11) is 1.97. The van der Waals surface area contributed by atoms with Crippen molar-refractivity contribution in [3.8, 4) is 0 Å². The molecule has 23 heavy (non-hydrogen) atoms. The summed E-state index contributed by atoms with van der Waals surface area (Å²) in [6.45, 7) is 0. The van der Waals surface area contributed by atoms with Crippen LogP contribution in [0.2, 0.25) is 0 Å². The molecule has 1 amide bonds. The van der Waals surface area contributed by atoms with Crippen LogP contribution >= 0.6 is 11.8 Å². The molecular formula is C16H16N5OS+. The van der Waals surface area contributed by atoms with Crippen LogP contribution in [0.25, 0.3) is 11.0 Å². The molecule has 0 fully saturated rings. The first kappa shape index (κ1) is 15.2. The van der Waals surface area contributed by atoms with Crippen molar-refractivity contribution in [1.82, 2.24) is 15.4 Å². The van der Waals surface area contributed by atoms with E-state index in [0.29, 0.717) is 0 Å². The number of nitrogens with one attached hydrogen (secondary N) is 2. The Morgan fingerprint density at radius 1 is 1.39 bits per heavy atom. The highest BCUT2D eigenvalue weighted by Crippen LogP contribution is 2.16. The number of hydrazone groups is 1. The van der Waals surface area contributed by atoms with E-state index in [0.717, 1.165) is 21.8 Å². The normalized spacial score (nSPS) is 11.2. The molecule has 0 spiro atoms. The maximum absolute atomic E-state index is 11.8. The smallest absolute Gasteiger partial charge is 0.272 e. The largest absolute Gasteiger partial charge is 0.317 e. The second-order valence-electron chi connectivity index (χ2n) is 4.87.